The number of unbranched alkanes of at least 4 members (excludes halogenated alkanes) is 1. The van der Waals surface area contributed by atoms with Crippen LogP contribution in [0.2, 0.25) is 0 Å². The van der Waals surface area contributed by atoms with Gasteiger partial charge in [0.15, 0.2) is 27.9 Å². The number of halogens is 3. The number of carbonyl (C=O) groups excluding carboxylic acids is 1. The molecule has 0 unspecified atom stereocenters. The van der Waals surface area contributed by atoms with Crippen molar-refractivity contribution < 1.29 is 32.5 Å². The topological polar surface area (TPSA) is 136 Å². The molecule has 1 aliphatic carbocycles. The second-order valence-corrected chi connectivity index (χ2v) is 11.5. The Morgan fingerprint density at radius 3 is 2.59 bits per heavy atom. The summed E-state index contributed by atoms with van der Waals surface area (Å²) in [6.07, 6.45) is -3.31. The zero-order valence-electron chi connectivity index (χ0n) is 22.8. The number of benzene rings is 1. The summed E-state index contributed by atoms with van der Waals surface area (Å²) in [5.74, 6) is -1.27. The van der Waals surface area contributed by atoms with Gasteiger partial charge in [-0.3, -0.25) is 4.79 Å². The number of nitrogens with one attached hydrogen (secondary N) is 2. The molecule has 41 heavy (non-hydrogen) atoms. The largest absolute Gasteiger partial charge is 0.416 e. The van der Waals surface area contributed by atoms with Gasteiger partial charge >= 0.3 is 6.18 Å². The number of fused-ring (bicyclic) bond motifs is 2. The highest BCUT2D eigenvalue weighted by atomic mass is 32.2. The van der Waals surface area contributed by atoms with Crippen molar-refractivity contribution in [3.05, 3.63) is 29.8 Å². The van der Waals surface area contributed by atoms with Crippen molar-refractivity contribution >= 4 is 34.7 Å². The first-order valence-corrected chi connectivity index (χ1v) is 14.3. The van der Waals surface area contributed by atoms with Gasteiger partial charge in [0.05, 0.1) is 24.1 Å². The third-order valence-corrected chi connectivity index (χ3v) is 7.89. The number of aliphatic hydroxyl groups excluding tert-OH is 1. The molecule has 0 radical (unpaired) electrons. The van der Waals surface area contributed by atoms with Crippen molar-refractivity contribution in [3.63, 3.8) is 0 Å². The molecule has 1 saturated heterocycles. The molecule has 15 heteroatoms. The monoisotopic (exact) mass is 595 g/mol. The van der Waals surface area contributed by atoms with Gasteiger partial charge in [0.1, 0.15) is 12.2 Å². The first-order chi connectivity index (χ1) is 19.5. The van der Waals surface area contributed by atoms with Crippen LogP contribution < -0.4 is 10.6 Å². The number of anilines is 1. The molecule has 3 N–H and O–H groups in total. The van der Waals surface area contributed by atoms with Gasteiger partial charge in [-0.1, -0.05) is 18.6 Å². The molecule has 0 bridgehead atoms. The van der Waals surface area contributed by atoms with Gasteiger partial charge in [-0.25, -0.2) is 14.6 Å². The molecule has 1 aromatic carbocycles. The van der Waals surface area contributed by atoms with E-state index in [1.807, 2.05) is 0 Å². The third-order valence-electron chi connectivity index (χ3n) is 7.01. The van der Waals surface area contributed by atoms with E-state index in [0.717, 1.165) is 36.7 Å². The number of carbonyl (C=O) groups is 1. The van der Waals surface area contributed by atoms with Crippen LogP contribution in [0.3, 0.4) is 0 Å². The van der Waals surface area contributed by atoms with Gasteiger partial charge < -0.3 is 25.2 Å². The van der Waals surface area contributed by atoms with Crippen LogP contribution in [0, 0.1) is 5.92 Å². The summed E-state index contributed by atoms with van der Waals surface area (Å²) in [7, 11) is 0. The van der Waals surface area contributed by atoms with Crippen LogP contribution in [-0.4, -0.2) is 73.7 Å². The lowest BCUT2D eigenvalue weighted by molar-refractivity contribution is -0.163. The zero-order chi connectivity index (χ0) is 29.4. The molecule has 4 atom stereocenters. The first kappa shape index (κ1) is 29.5. The van der Waals surface area contributed by atoms with E-state index < -0.39 is 41.7 Å². The molecule has 222 valence electrons. The van der Waals surface area contributed by atoms with Crippen molar-refractivity contribution in [3.8, 4) is 0 Å². The molecule has 1 amide bonds. The average molecular weight is 596 g/mol. The lowest BCUT2D eigenvalue weighted by atomic mass is 10.0. The van der Waals surface area contributed by atoms with Crippen molar-refractivity contribution in [1.82, 2.24) is 30.3 Å². The zero-order valence-corrected chi connectivity index (χ0v) is 23.6. The molecule has 2 aromatic heterocycles. The minimum Gasteiger partial charge on any atom is -0.395 e. The van der Waals surface area contributed by atoms with Gasteiger partial charge in [0.25, 0.3) is 0 Å². The maximum Gasteiger partial charge on any atom is 0.416 e. The summed E-state index contributed by atoms with van der Waals surface area (Å²) < 4.78 is 53.1. The predicted octanol–water partition coefficient (Wildman–Crippen LogP) is 3.79. The van der Waals surface area contributed by atoms with E-state index in [2.05, 4.69) is 32.9 Å². The highest BCUT2D eigenvalue weighted by Crippen LogP contribution is 2.47. The Bertz CT molecular complexity index is 1390. The van der Waals surface area contributed by atoms with Crippen LogP contribution in [-0.2, 0) is 20.4 Å². The third kappa shape index (κ3) is 6.27. The summed E-state index contributed by atoms with van der Waals surface area (Å²) >= 11 is 1.12. The molecule has 2 fully saturated rings. The van der Waals surface area contributed by atoms with Crippen LogP contribution in [0.4, 0.5) is 19.0 Å². The van der Waals surface area contributed by atoms with E-state index in [9.17, 15) is 18.0 Å². The fourth-order valence-corrected chi connectivity index (χ4v) is 5.92. The highest BCUT2D eigenvalue weighted by molar-refractivity contribution is 7.99. The summed E-state index contributed by atoms with van der Waals surface area (Å²) in [5, 5.41) is 24.2. The summed E-state index contributed by atoms with van der Waals surface area (Å²) in [4.78, 5) is 22.8. The lowest BCUT2D eigenvalue weighted by Gasteiger charge is -2.23. The van der Waals surface area contributed by atoms with Gasteiger partial charge in [0.2, 0.25) is 5.91 Å². The van der Waals surface area contributed by atoms with Gasteiger partial charge in [-0.05, 0) is 62.7 Å². The molecule has 1 saturated carbocycles. The Morgan fingerprint density at radius 1 is 1.17 bits per heavy atom. The number of aliphatic hydroxyl groups is 1. The Labute approximate surface area is 238 Å². The van der Waals surface area contributed by atoms with Crippen LogP contribution >= 0.6 is 11.8 Å². The SMILES string of the molecule is CCCCNc1nc(Sc2ccc(C(F)(F)F)cc2)nc2c1nnn2[C@@H]1C[C@H](C(=O)NCCO)[C@H]2OC(C)(C)O[C@H]21. The summed E-state index contributed by atoms with van der Waals surface area (Å²) in [6.45, 7) is 6.19. The number of hydrogen-bond acceptors (Lipinski definition) is 10. The van der Waals surface area contributed by atoms with Crippen molar-refractivity contribution in [1.29, 1.82) is 0 Å². The number of aromatic nitrogens is 5. The van der Waals surface area contributed by atoms with E-state index in [1.54, 1.807) is 18.5 Å². The standard InChI is InChI=1S/C26H32F3N7O4S/c1-4-5-10-30-21-18-22(33-24(32-21)41-15-8-6-14(7-9-15)26(27,28)29)36(35-34-18)17-13-16(23(38)31-11-12-37)19-20(17)40-25(2,3)39-19/h6-9,16-17,19-20,37H,4-5,10-13H2,1-3H3,(H,31,38)(H,30,32,33)/t16-,17+,19+,20-/m0/s1. The van der Waals surface area contributed by atoms with Crippen LogP contribution in [0.15, 0.2) is 34.3 Å². The number of rotatable bonds is 10. The highest BCUT2D eigenvalue weighted by Gasteiger charge is 2.57. The molecule has 0 spiro atoms. The van der Waals surface area contributed by atoms with Crippen molar-refractivity contribution in [2.24, 2.45) is 5.92 Å². The molecule has 3 heterocycles. The number of ether oxygens (including phenoxy) is 2. The number of nitrogens with zero attached hydrogens (tertiary/aromatic N) is 5. The summed E-state index contributed by atoms with van der Waals surface area (Å²) in [6, 6.07) is 4.35. The van der Waals surface area contributed by atoms with Gasteiger partial charge in [-0.2, -0.15) is 13.2 Å². The molecular formula is C26H32F3N7O4S. The maximum absolute atomic E-state index is 13.0. The van der Waals surface area contributed by atoms with Crippen LogP contribution in [0.5, 0.6) is 0 Å². The van der Waals surface area contributed by atoms with Gasteiger partial charge in [-0.15, -0.1) is 5.10 Å². The van der Waals surface area contributed by atoms with Crippen LogP contribution in [0.1, 0.15) is 51.6 Å². The Hall–Kier alpha value is -3.01. The summed E-state index contributed by atoms with van der Waals surface area (Å²) in [5.41, 5.74) is 0.0974. The van der Waals surface area contributed by atoms with Gasteiger partial charge in [0, 0.05) is 18.0 Å². The first-order valence-electron chi connectivity index (χ1n) is 13.5. The minimum atomic E-state index is -4.43. The van der Waals surface area contributed by atoms with E-state index >= 15 is 0 Å². The quantitative estimate of drug-likeness (QED) is 0.235. The fourth-order valence-electron chi connectivity index (χ4n) is 5.16. The fraction of sp³-hybridized carbons (Fsp3) is 0.577. The molecule has 2 aliphatic rings. The Balaban J connectivity index is 1.50. The number of amides is 1. The van der Waals surface area contributed by atoms with Crippen LogP contribution in [0.25, 0.3) is 11.2 Å². The number of alkyl halides is 3. The lowest BCUT2D eigenvalue weighted by Crippen LogP contribution is -2.38. The maximum atomic E-state index is 13.0. The predicted molar refractivity (Wildman–Crippen MR) is 143 cm³/mol. The molecule has 5 rings (SSSR count). The molecule has 1 aliphatic heterocycles. The molecule has 11 nitrogen and oxygen atoms in total. The van der Waals surface area contributed by atoms with Crippen molar-refractivity contribution in [2.75, 3.05) is 25.0 Å². The minimum absolute atomic E-state index is 0.123. The second-order valence-electron chi connectivity index (χ2n) is 10.5. The average Bonchev–Trinajstić information content (AvgIpc) is 3.57. The second kappa shape index (κ2) is 11.7. The van der Waals surface area contributed by atoms with E-state index in [1.165, 1.54) is 12.1 Å². The molecular weight excluding hydrogens is 563 g/mol. The Morgan fingerprint density at radius 2 is 1.90 bits per heavy atom. The van der Waals surface area contributed by atoms with Crippen molar-refractivity contribution in [2.45, 2.75) is 80.3 Å². The molecule has 3 aromatic rings. The van der Waals surface area contributed by atoms with E-state index in [4.69, 9.17) is 19.6 Å². The van der Waals surface area contributed by atoms with E-state index in [-0.39, 0.29) is 19.1 Å². The smallest absolute Gasteiger partial charge is 0.395 e. The van der Waals surface area contributed by atoms with E-state index in [0.29, 0.717) is 40.0 Å². The number of hydrogen-bond donors (Lipinski definition) is 3. The normalized spacial score (nSPS) is 23.6. The Kier molecular flexibility index (Phi) is 8.41.